The van der Waals surface area contributed by atoms with Crippen LogP contribution in [0.4, 0.5) is 5.69 Å². The van der Waals surface area contributed by atoms with Gasteiger partial charge in [-0.3, -0.25) is 9.71 Å². The van der Waals surface area contributed by atoms with E-state index in [9.17, 15) is 8.42 Å². The average molecular weight is 317 g/mol. The Morgan fingerprint density at radius 3 is 2.37 bits per heavy atom. The predicted octanol–water partition coefficient (Wildman–Crippen LogP) is 3.50. The molecule has 1 aromatic heterocycles. The van der Waals surface area contributed by atoms with Crippen LogP contribution in [0.5, 0.6) is 0 Å². The summed E-state index contributed by atoms with van der Waals surface area (Å²) in [5.41, 5.74) is 1.14. The standard InChI is InChI=1S/C12H10Cl2N2O2S/c1-8-7-15-6-5-11(8)16-19(17,18)12-9(13)3-2-4-10(12)14/h2-7H,1H3,(H,15,16). The molecule has 0 amide bonds. The Balaban J connectivity index is 2.47. The monoisotopic (exact) mass is 316 g/mol. The van der Waals surface area contributed by atoms with Crippen LogP contribution in [-0.2, 0) is 10.0 Å². The van der Waals surface area contributed by atoms with Gasteiger partial charge in [0.2, 0.25) is 0 Å². The molecule has 100 valence electrons. The first-order chi connectivity index (χ1) is 8.92. The Hall–Kier alpha value is -1.30. The van der Waals surface area contributed by atoms with Crippen molar-refractivity contribution in [2.75, 3.05) is 4.72 Å². The van der Waals surface area contributed by atoms with Gasteiger partial charge in [-0.2, -0.15) is 0 Å². The summed E-state index contributed by atoms with van der Waals surface area (Å²) >= 11 is 11.8. The van der Waals surface area contributed by atoms with Crippen molar-refractivity contribution in [1.82, 2.24) is 4.98 Å². The molecule has 0 aliphatic heterocycles. The number of aromatic nitrogens is 1. The fraction of sp³-hybridized carbons (Fsp3) is 0.0833. The van der Waals surface area contributed by atoms with Gasteiger partial charge in [-0.1, -0.05) is 29.3 Å². The minimum absolute atomic E-state index is 0.0757. The van der Waals surface area contributed by atoms with Gasteiger partial charge in [0.05, 0.1) is 15.7 Å². The predicted molar refractivity (Wildman–Crippen MR) is 76.2 cm³/mol. The molecule has 0 aliphatic carbocycles. The zero-order valence-corrected chi connectivity index (χ0v) is 12.2. The van der Waals surface area contributed by atoms with Crippen molar-refractivity contribution >= 4 is 38.9 Å². The highest BCUT2D eigenvalue weighted by Crippen LogP contribution is 2.30. The van der Waals surface area contributed by atoms with Gasteiger partial charge in [-0.05, 0) is 30.7 Å². The minimum Gasteiger partial charge on any atom is -0.279 e. The smallest absolute Gasteiger partial charge is 0.264 e. The maximum atomic E-state index is 12.3. The lowest BCUT2D eigenvalue weighted by Gasteiger charge is -2.12. The summed E-state index contributed by atoms with van der Waals surface area (Å²) in [6, 6.07) is 6.10. The highest BCUT2D eigenvalue weighted by molar-refractivity contribution is 7.93. The van der Waals surface area contributed by atoms with E-state index in [4.69, 9.17) is 23.2 Å². The molecule has 0 bridgehead atoms. The highest BCUT2D eigenvalue weighted by Gasteiger charge is 2.22. The number of nitrogens with one attached hydrogen (secondary N) is 1. The Morgan fingerprint density at radius 2 is 1.79 bits per heavy atom. The molecule has 2 rings (SSSR count). The van der Waals surface area contributed by atoms with Gasteiger partial charge >= 0.3 is 0 Å². The maximum Gasteiger partial charge on any atom is 0.264 e. The van der Waals surface area contributed by atoms with E-state index in [-0.39, 0.29) is 14.9 Å². The van der Waals surface area contributed by atoms with Crippen molar-refractivity contribution in [2.45, 2.75) is 11.8 Å². The number of nitrogens with zero attached hydrogens (tertiary/aromatic N) is 1. The van der Waals surface area contributed by atoms with Crippen LogP contribution < -0.4 is 4.72 Å². The molecule has 0 saturated heterocycles. The maximum absolute atomic E-state index is 12.3. The van der Waals surface area contributed by atoms with Crippen LogP contribution in [0.15, 0.2) is 41.6 Å². The molecule has 1 heterocycles. The van der Waals surface area contributed by atoms with E-state index in [2.05, 4.69) is 9.71 Å². The molecule has 0 unspecified atom stereocenters. The molecule has 1 N–H and O–H groups in total. The van der Waals surface area contributed by atoms with Crippen molar-refractivity contribution in [3.8, 4) is 0 Å². The number of rotatable bonds is 3. The zero-order valence-electron chi connectivity index (χ0n) is 9.89. The largest absolute Gasteiger partial charge is 0.279 e. The number of benzene rings is 1. The van der Waals surface area contributed by atoms with Crippen LogP contribution in [0.3, 0.4) is 0 Å². The number of halogens is 2. The molecule has 0 aliphatic rings. The Bertz CT molecular complexity index is 697. The van der Waals surface area contributed by atoms with Gasteiger partial charge < -0.3 is 0 Å². The second kappa shape index (κ2) is 5.36. The van der Waals surface area contributed by atoms with Crippen molar-refractivity contribution in [1.29, 1.82) is 0 Å². The van der Waals surface area contributed by atoms with Gasteiger partial charge in [0.25, 0.3) is 10.0 Å². The molecule has 0 spiro atoms. The van der Waals surface area contributed by atoms with E-state index in [0.29, 0.717) is 11.3 Å². The van der Waals surface area contributed by atoms with Gasteiger partial charge in [0.15, 0.2) is 0 Å². The van der Waals surface area contributed by atoms with Crippen LogP contribution in [0.1, 0.15) is 5.56 Å². The number of hydrogen-bond donors (Lipinski definition) is 1. The Morgan fingerprint density at radius 1 is 1.16 bits per heavy atom. The lowest BCUT2D eigenvalue weighted by molar-refractivity contribution is 0.601. The van der Waals surface area contributed by atoms with Gasteiger partial charge in [-0.15, -0.1) is 0 Å². The summed E-state index contributed by atoms with van der Waals surface area (Å²) < 4.78 is 27.0. The molecule has 7 heteroatoms. The number of pyridine rings is 1. The summed E-state index contributed by atoms with van der Waals surface area (Å²) in [6.45, 7) is 1.75. The Kier molecular flexibility index (Phi) is 3.99. The third-order valence-corrected chi connectivity index (χ3v) is 4.77. The molecule has 2 aromatic rings. The van der Waals surface area contributed by atoms with Crippen molar-refractivity contribution in [3.05, 3.63) is 52.3 Å². The number of sulfonamides is 1. The topological polar surface area (TPSA) is 59.1 Å². The zero-order chi connectivity index (χ0) is 14.0. The summed E-state index contributed by atoms with van der Waals surface area (Å²) in [5.74, 6) is 0. The molecule has 0 radical (unpaired) electrons. The van der Waals surface area contributed by atoms with Crippen LogP contribution in [-0.4, -0.2) is 13.4 Å². The SMILES string of the molecule is Cc1cnccc1NS(=O)(=O)c1c(Cl)cccc1Cl. The molecule has 0 atom stereocenters. The lowest BCUT2D eigenvalue weighted by atomic mass is 10.3. The summed E-state index contributed by atoms with van der Waals surface area (Å²) in [5, 5.41) is 0.151. The molecule has 1 aromatic carbocycles. The molecule has 19 heavy (non-hydrogen) atoms. The number of hydrogen-bond acceptors (Lipinski definition) is 3. The first-order valence-electron chi connectivity index (χ1n) is 5.29. The first-order valence-corrected chi connectivity index (χ1v) is 7.53. The Labute approximate surface area is 121 Å². The average Bonchev–Trinajstić information content (AvgIpc) is 2.31. The summed E-state index contributed by atoms with van der Waals surface area (Å²) in [6.07, 6.45) is 3.06. The molecular formula is C12H10Cl2N2O2S. The molecule has 0 saturated carbocycles. The second-order valence-electron chi connectivity index (χ2n) is 3.85. The van der Waals surface area contributed by atoms with Crippen molar-refractivity contribution < 1.29 is 8.42 Å². The fourth-order valence-corrected chi connectivity index (χ4v) is 3.80. The van der Waals surface area contributed by atoms with Crippen LogP contribution in [0.2, 0.25) is 10.0 Å². The molecular weight excluding hydrogens is 307 g/mol. The van der Waals surface area contributed by atoms with E-state index in [1.165, 1.54) is 18.3 Å². The van der Waals surface area contributed by atoms with Crippen LogP contribution in [0, 0.1) is 6.92 Å². The van der Waals surface area contributed by atoms with Crippen molar-refractivity contribution in [3.63, 3.8) is 0 Å². The normalized spacial score (nSPS) is 11.3. The van der Waals surface area contributed by atoms with Crippen molar-refractivity contribution in [2.24, 2.45) is 0 Å². The van der Waals surface area contributed by atoms with E-state index in [1.807, 2.05) is 0 Å². The molecule has 0 fully saturated rings. The van der Waals surface area contributed by atoms with Gasteiger partial charge in [0, 0.05) is 12.4 Å². The van der Waals surface area contributed by atoms with E-state index < -0.39 is 10.0 Å². The van der Waals surface area contributed by atoms with E-state index in [1.54, 1.807) is 25.3 Å². The second-order valence-corrected chi connectivity index (χ2v) is 6.28. The minimum atomic E-state index is -3.84. The number of anilines is 1. The van der Waals surface area contributed by atoms with Crippen LogP contribution in [0.25, 0.3) is 0 Å². The quantitative estimate of drug-likeness (QED) is 0.942. The van der Waals surface area contributed by atoms with E-state index in [0.717, 1.165) is 0 Å². The molecule has 4 nitrogen and oxygen atoms in total. The lowest BCUT2D eigenvalue weighted by Crippen LogP contribution is -2.14. The first kappa shape index (κ1) is 14.1. The third kappa shape index (κ3) is 3.00. The van der Waals surface area contributed by atoms with E-state index >= 15 is 0 Å². The third-order valence-electron chi connectivity index (χ3n) is 2.45. The summed E-state index contributed by atoms with van der Waals surface area (Å²) in [4.78, 5) is 3.77. The fourth-order valence-electron chi connectivity index (χ4n) is 1.52. The highest BCUT2D eigenvalue weighted by atomic mass is 35.5. The van der Waals surface area contributed by atoms with Crippen LogP contribution >= 0.6 is 23.2 Å². The number of aryl methyl sites for hydroxylation is 1. The summed E-state index contributed by atoms with van der Waals surface area (Å²) in [7, 11) is -3.84. The van der Waals surface area contributed by atoms with Gasteiger partial charge in [0.1, 0.15) is 4.90 Å². The van der Waals surface area contributed by atoms with Gasteiger partial charge in [-0.25, -0.2) is 8.42 Å².